The van der Waals surface area contributed by atoms with Crippen molar-refractivity contribution in [2.45, 2.75) is 31.6 Å². The summed E-state index contributed by atoms with van der Waals surface area (Å²) in [5.41, 5.74) is 9.61. The Bertz CT molecular complexity index is 831. The third kappa shape index (κ3) is 3.05. The van der Waals surface area contributed by atoms with Gasteiger partial charge in [-0.15, -0.1) is 0 Å². The number of likely N-dealkylation sites (tertiary alicyclic amines) is 1. The fourth-order valence-electron chi connectivity index (χ4n) is 3.96. The number of nitrogen functional groups attached to an aromatic ring is 1. The SMILES string of the molecule is Nc1cn[nH]c1C1CCN(C(=O)CCN2C(=O)CCc3ccccc32)C1. The smallest absolute Gasteiger partial charge is 0.227 e. The predicted molar refractivity (Wildman–Crippen MR) is 98.7 cm³/mol. The van der Waals surface area contributed by atoms with Crippen LogP contribution in [0.3, 0.4) is 0 Å². The molecule has 0 bridgehead atoms. The van der Waals surface area contributed by atoms with Crippen LogP contribution in [0.15, 0.2) is 30.5 Å². The van der Waals surface area contributed by atoms with Gasteiger partial charge in [0, 0.05) is 44.1 Å². The first kappa shape index (κ1) is 16.6. The molecule has 2 amide bonds. The average Bonchev–Trinajstić information content (AvgIpc) is 3.29. The molecule has 3 heterocycles. The Kier molecular flexibility index (Phi) is 4.36. The van der Waals surface area contributed by atoms with E-state index in [1.54, 1.807) is 11.1 Å². The minimum absolute atomic E-state index is 0.0847. The summed E-state index contributed by atoms with van der Waals surface area (Å²) in [5, 5.41) is 6.91. The molecule has 1 aromatic heterocycles. The van der Waals surface area contributed by atoms with Gasteiger partial charge in [-0.25, -0.2) is 0 Å². The highest BCUT2D eigenvalue weighted by Crippen LogP contribution is 2.30. The molecule has 1 fully saturated rings. The molecule has 0 spiro atoms. The molecule has 1 aromatic carbocycles. The van der Waals surface area contributed by atoms with Gasteiger partial charge in [-0.05, 0) is 24.5 Å². The Balaban J connectivity index is 1.38. The first-order valence-electron chi connectivity index (χ1n) is 9.08. The number of anilines is 2. The van der Waals surface area contributed by atoms with E-state index >= 15 is 0 Å². The maximum Gasteiger partial charge on any atom is 0.227 e. The second-order valence-electron chi connectivity index (χ2n) is 6.99. The van der Waals surface area contributed by atoms with Crippen molar-refractivity contribution < 1.29 is 9.59 Å². The van der Waals surface area contributed by atoms with Gasteiger partial charge in [-0.3, -0.25) is 14.7 Å². The molecular formula is C19H23N5O2. The first-order valence-corrected chi connectivity index (χ1v) is 9.08. The lowest BCUT2D eigenvalue weighted by molar-refractivity contribution is -0.130. The molecule has 0 radical (unpaired) electrons. The number of carbonyl (C=O) groups excluding carboxylic acids is 2. The van der Waals surface area contributed by atoms with E-state index in [1.165, 1.54) is 5.56 Å². The lowest BCUT2D eigenvalue weighted by Gasteiger charge is -2.29. The van der Waals surface area contributed by atoms with Crippen LogP contribution in [0.5, 0.6) is 0 Å². The number of hydrogen-bond acceptors (Lipinski definition) is 4. The number of aryl methyl sites for hydroxylation is 1. The topological polar surface area (TPSA) is 95.3 Å². The van der Waals surface area contributed by atoms with Crippen molar-refractivity contribution in [2.24, 2.45) is 0 Å². The Morgan fingerprint density at radius 2 is 2.15 bits per heavy atom. The van der Waals surface area contributed by atoms with Crippen molar-refractivity contribution in [1.29, 1.82) is 0 Å². The van der Waals surface area contributed by atoms with Crippen LogP contribution in [0.1, 0.15) is 36.4 Å². The van der Waals surface area contributed by atoms with Gasteiger partial charge < -0.3 is 15.5 Å². The van der Waals surface area contributed by atoms with Gasteiger partial charge in [0.1, 0.15) is 0 Å². The fourth-order valence-corrected chi connectivity index (χ4v) is 3.96. The van der Waals surface area contributed by atoms with E-state index < -0.39 is 0 Å². The number of fused-ring (bicyclic) bond motifs is 1. The fraction of sp³-hybridized carbons (Fsp3) is 0.421. The molecule has 4 rings (SSSR count). The van der Waals surface area contributed by atoms with Gasteiger partial charge in [0.25, 0.3) is 0 Å². The number of benzene rings is 1. The van der Waals surface area contributed by atoms with Crippen molar-refractivity contribution in [2.75, 3.05) is 30.3 Å². The van der Waals surface area contributed by atoms with Gasteiger partial charge in [0.15, 0.2) is 0 Å². The van der Waals surface area contributed by atoms with Gasteiger partial charge in [0.2, 0.25) is 11.8 Å². The largest absolute Gasteiger partial charge is 0.396 e. The molecule has 3 N–H and O–H groups in total. The predicted octanol–water partition coefficient (Wildman–Crippen LogP) is 1.68. The third-order valence-corrected chi connectivity index (χ3v) is 5.39. The van der Waals surface area contributed by atoms with E-state index in [1.807, 2.05) is 23.1 Å². The summed E-state index contributed by atoms with van der Waals surface area (Å²) < 4.78 is 0. The Labute approximate surface area is 152 Å². The first-order chi connectivity index (χ1) is 12.6. The molecule has 136 valence electrons. The summed E-state index contributed by atoms with van der Waals surface area (Å²) in [5.74, 6) is 0.390. The van der Waals surface area contributed by atoms with Gasteiger partial charge in [0.05, 0.1) is 17.6 Å². The Morgan fingerprint density at radius 3 is 2.96 bits per heavy atom. The summed E-state index contributed by atoms with van der Waals surface area (Å²) in [4.78, 5) is 28.6. The maximum absolute atomic E-state index is 12.6. The molecule has 2 aromatic rings. The third-order valence-electron chi connectivity index (χ3n) is 5.39. The second kappa shape index (κ2) is 6.82. The van der Waals surface area contributed by atoms with Crippen molar-refractivity contribution >= 4 is 23.2 Å². The standard InChI is InChI=1S/C19H23N5O2/c20-15-11-21-22-19(15)14-7-9-23(12-14)17(25)8-10-24-16-4-2-1-3-13(16)5-6-18(24)26/h1-4,11,14H,5-10,12,20H2,(H,21,22). The van der Waals surface area contributed by atoms with Gasteiger partial charge in [-0.1, -0.05) is 18.2 Å². The number of rotatable bonds is 4. The van der Waals surface area contributed by atoms with Crippen molar-refractivity contribution in [3.63, 3.8) is 0 Å². The number of nitrogens with two attached hydrogens (primary N) is 1. The molecule has 7 heteroatoms. The highest BCUT2D eigenvalue weighted by Gasteiger charge is 2.30. The molecule has 1 saturated heterocycles. The van der Waals surface area contributed by atoms with E-state index in [2.05, 4.69) is 16.3 Å². The Morgan fingerprint density at radius 1 is 1.31 bits per heavy atom. The minimum Gasteiger partial charge on any atom is -0.396 e. The van der Waals surface area contributed by atoms with Gasteiger partial charge >= 0.3 is 0 Å². The number of nitrogens with zero attached hydrogens (tertiary/aromatic N) is 3. The summed E-state index contributed by atoms with van der Waals surface area (Å²) in [7, 11) is 0. The molecule has 1 atom stereocenters. The van der Waals surface area contributed by atoms with Crippen LogP contribution in [0.2, 0.25) is 0 Å². The number of amides is 2. The quantitative estimate of drug-likeness (QED) is 0.874. The number of aromatic nitrogens is 2. The van der Waals surface area contributed by atoms with Crippen LogP contribution in [0, 0.1) is 0 Å². The molecule has 7 nitrogen and oxygen atoms in total. The lowest BCUT2D eigenvalue weighted by atomic mass is 10.0. The lowest BCUT2D eigenvalue weighted by Crippen LogP contribution is -2.39. The van der Waals surface area contributed by atoms with E-state index in [-0.39, 0.29) is 17.7 Å². The molecule has 1 unspecified atom stereocenters. The van der Waals surface area contributed by atoms with Crippen LogP contribution in [0.4, 0.5) is 11.4 Å². The zero-order valence-corrected chi connectivity index (χ0v) is 14.6. The maximum atomic E-state index is 12.6. The number of aromatic amines is 1. The Hall–Kier alpha value is -2.83. The van der Waals surface area contributed by atoms with Gasteiger partial charge in [-0.2, -0.15) is 5.10 Å². The molecule has 26 heavy (non-hydrogen) atoms. The van der Waals surface area contributed by atoms with E-state index in [0.717, 1.165) is 24.2 Å². The summed E-state index contributed by atoms with van der Waals surface area (Å²) in [6.07, 6.45) is 4.11. The minimum atomic E-state index is 0.0847. The van der Waals surface area contributed by atoms with E-state index in [9.17, 15) is 9.59 Å². The zero-order valence-electron chi connectivity index (χ0n) is 14.6. The van der Waals surface area contributed by atoms with Crippen molar-refractivity contribution in [3.05, 3.63) is 41.7 Å². The van der Waals surface area contributed by atoms with Crippen LogP contribution >= 0.6 is 0 Å². The summed E-state index contributed by atoms with van der Waals surface area (Å²) >= 11 is 0. The van der Waals surface area contributed by atoms with E-state index in [0.29, 0.717) is 38.2 Å². The van der Waals surface area contributed by atoms with Crippen LogP contribution < -0.4 is 10.6 Å². The van der Waals surface area contributed by atoms with E-state index in [4.69, 9.17) is 5.73 Å². The highest BCUT2D eigenvalue weighted by atomic mass is 16.2. The molecular weight excluding hydrogens is 330 g/mol. The normalized spacial score (nSPS) is 19.7. The zero-order chi connectivity index (χ0) is 18.1. The van der Waals surface area contributed by atoms with Crippen LogP contribution in [0.25, 0.3) is 0 Å². The average molecular weight is 353 g/mol. The molecule has 2 aliphatic heterocycles. The second-order valence-corrected chi connectivity index (χ2v) is 6.99. The summed E-state index contributed by atoms with van der Waals surface area (Å²) in [6, 6.07) is 7.94. The monoisotopic (exact) mass is 353 g/mol. The number of hydrogen-bond donors (Lipinski definition) is 2. The molecule has 0 aliphatic carbocycles. The molecule has 0 saturated carbocycles. The molecule has 2 aliphatic rings. The van der Waals surface area contributed by atoms with Crippen molar-refractivity contribution in [1.82, 2.24) is 15.1 Å². The number of nitrogens with one attached hydrogen (secondary N) is 1. The number of H-pyrrole nitrogens is 1. The van der Waals surface area contributed by atoms with Crippen LogP contribution in [-0.2, 0) is 16.0 Å². The van der Waals surface area contributed by atoms with Crippen molar-refractivity contribution in [3.8, 4) is 0 Å². The summed E-state index contributed by atoms with van der Waals surface area (Å²) in [6.45, 7) is 1.80. The van der Waals surface area contributed by atoms with Crippen LogP contribution in [-0.4, -0.2) is 46.5 Å². The highest BCUT2D eigenvalue weighted by molar-refractivity contribution is 5.97. The number of para-hydroxylation sites is 1. The number of carbonyl (C=O) groups is 2.